The molecule has 1 unspecified atom stereocenters. The number of piperidine rings is 1. The fraction of sp³-hybridized carbons (Fsp3) is 1.00. The van der Waals surface area contributed by atoms with Gasteiger partial charge >= 0.3 is 0 Å². The molecule has 0 aromatic heterocycles. The van der Waals surface area contributed by atoms with Gasteiger partial charge in [-0.1, -0.05) is 13.8 Å². The summed E-state index contributed by atoms with van der Waals surface area (Å²) < 4.78 is 5.58. The number of hydrogen-bond donors (Lipinski definition) is 1. The molecule has 0 spiro atoms. The first kappa shape index (κ1) is 15.9. The van der Waals surface area contributed by atoms with Crippen molar-refractivity contribution in [2.75, 3.05) is 26.3 Å². The van der Waals surface area contributed by atoms with Gasteiger partial charge in [0.1, 0.15) is 0 Å². The minimum Gasteiger partial charge on any atom is -0.380 e. The van der Waals surface area contributed by atoms with E-state index in [1.165, 1.54) is 25.9 Å². The van der Waals surface area contributed by atoms with E-state index in [-0.39, 0.29) is 0 Å². The van der Waals surface area contributed by atoms with E-state index in [0.29, 0.717) is 24.0 Å². The van der Waals surface area contributed by atoms with Crippen LogP contribution >= 0.6 is 0 Å². The molecule has 1 fully saturated rings. The van der Waals surface area contributed by atoms with Gasteiger partial charge in [0.25, 0.3) is 0 Å². The first-order chi connectivity index (χ1) is 8.54. The van der Waals surface area contributed by atoms with Gasteiger partial charge in [0.2, 0.25) is 0 Å². The highest BCUT2D eigenvalue weighted by Gasteiger charge is 2.24. The molecule has 0 aromatic rings. The van der Waals surface area contributed by atoms with Crippen LogP contribution in [0, 0.1) is 5.92 Å². The largest absolute Gasteiger partial charge is 0.380 e. The monoisotopic (exact) mass is 256 g/mol. The molecule has 3 nitrogen and oxygen atoms in total. The van der Waals surface area contributed by atoms with E-state index in [1.54, 1.807) is 0 Å². The van der Waals surface area contributed by atoms with Gasteiger partial charge in [-0.3, -0.25) is 0 Å². The molecule has 18 heavy (non-hydrogen) atoms. The van der Waals surface area contributed by atoms with Crippen molar-refractivity contribution < 1.29 is 4.74 Å². The molecule has 0 amide bonds. The molecule has 1 aliphatic heterocycles. The average molecular weight is 256 g/mol. The third-order valence-electron chi connectivity index (χ3n) is 4.02. The Labute approximate surface area is 113 Å². The van der Waals surface area contributed by atoms with Crippen LogP contribution < -0.4 is 5.32 Å². The van der Waals surface area contributed by atoms with E-state index in [2.05, 4.69) is 44.8 Å². The topological polar surface area (TPSA) is 24.5 Å². The first-order valence-electron chi connectivity index (χ1n) is 7.62. The van der Waals surface area contributed by atoms with E-state index in [9.17, 15) is 0 Å². The lowest BCUT2D eigenvalue weighted by molar-refractivity contribution is 0.0914. The van der Waals surface area contributed by atoms with Crippen LogP contribution in [0.5, 0.6) is 0 Å². The number of rotatable bonds is 7. The summed E-state index contributed by atoms with van der Waals surface area (Å²) in [6.45, 7) is 15.3. The second kappa shape index (κ2) is 8.13. The smallest absolute Gasteiger partial charge is 0.0622 e. The van der Waals surface area contributed by atoms with E-state index >= 15 is 0 Å². The summed E-state index contributed by atoms with van der Waals surface area (Å²) in [6.07, 6.45) is 2.54. The Morgan fingerprint density at radius 3 is 2.22 bits per heavy atom. The Morgan fingerprint density at radius 2 is 1.78 bits per heavy atom. The van der Waals surface area contributed by atoms with Crippen molar-refractivity contribution in [3.05, 3.63) is 0 Å². The number of hydrogen-bond acceptors (Lipinski definition) is 3. The van der Waals surface area contributed by atoms with Crippen LogP contribution in [0.25, 0.3) is 0 Å². The van der Waals surface area contributed by atoms with Crippen LogP contribution in [0.1, 0.15) is 47.5 Å². The summed E-state index contributed by atoms with van der Waals surface area (Å²) in [5.74, 6) is 0.639. The summed E-state index contributed by atoms with van der Waals surface area (Å²) >= 11 is 0. The molecule has 1 atom stereocenters. The Hall–Kier alpha value is -0.120. The lowest BCUT2D eigenvalue weighted by Gasteiger charge is -2.37. The third kappa shape index (κ3) is 5.25. The van der Waals surface area contributed by atoms with Crippen LogP contribution in [0.3, 0.4) is 0 Å². The molecule has 0 aromatic carbocycles. The molecule has 0 bridgehead atoms. The number of likely N-dealkylation sites (tertiary alicyclic amines) is 1. The molecule has 1 heterocycles. The fourth-order valence-corrected chi connectivity index (χ4v) is 2.56. The summed E-state index contributed by atoms with van der Waals surface area (Å²) in [7, 11) is 0. The van der Waals surface area contributed by atoms with Gasteiger partial charge in [0, 0.05) is 24.7 Å². The Kier molecular flexibility index (Phi) is 7.20. The van der Waals surface area contributed by atoms with Crippen molar-refractivity contribution in [1.82, 2.24) is 10.2 Å². The van der Waals surface area contributed by atoms with Crippen LogP contribution in [0.15, 0.2) is 0 Å². The Morgan fingerprint density at radius 1 is 1.17 bits per heavy atom. The molecule has 0 saturated carbocycles. The molecule has 0 aliphatic carbocycles. The van der Waals surface area contributed by atoms with Crippen molar-refractivity contribution in [1.29, 1.82) is 0 Å². The van der Waals surface area contributed by atoms with E-state index in [4.69, 9.17) is 4.74 Å². The third-order valence-corrected chi connectivity index (χ3v) is 4.02. The average Bonchev–Trinajstić information content (AvgIpc) is 2.34. The van der Waals surface area contributed by atoms with Crippen molar-refractivity contribution in [3.8, 4) is 0 Å². The van der Waals surface area contributed by atoms with Gasteiger partial charge in [-0.15, -0.1) is 0 Å². The maximum atomic E-state index is 5.58. The summed E-state index contributed by atoms with van der Waals surface area (Å²) in [5, 5.41) is 3.80. The van der Waals surface area contributed by atoms with Gasteiger partial charge in [0.15, 0.2) is 0 Å². The molecule has 0 radical (unpaired) electrons. The van der Waals surface area contributed by atoms with Gasteiger partial charge in [-0.2, -0.15) is 0 Å². The molecule has 1 aliphatic rings. The van der Waals surface area contributed by atoms with Crippen molar-refractivity contribution in [2.45, 2.75) is 65.6 Å². The van der Waals surface area contributed by atoms with Crippen molar-refractivity contribution >= 4 is 0 Å². The molecule has 1 saturated heterocycles. The fourth-order valence-electron chi connectivity index (χ4n) is 2.56. The molecular formula is C15H32N2O. The maximum Gasteiger partial charge on any atom is 0.0622 e. The zero-order valence-electron chi connectivity index (χ0n) is 12.9. The van der Waals surface area contributed by atoms with E-state index in [1.807, 2.05) is 0 Å². The normalized spacial score (nSPS) is 20.8. The van der Waals surface area contributed by atoms with Crippen LogP contribution in [-0.2, 0) is 4.74 Å². The quantitative estimate of drug-likeness (QED) is 0.757. The number of ether oxygens (including phenoxy) is 1. The van der Waals surface area contributed by atoms with Crippen molar-refractivity contribution in [3.63, 3.8) is 0 Å². The highest BCUT2D eigenvalue weighted by molar-refractivity contribution is 4.82. The zero-order valence-corrected chi connectivity index (χ0v) is 12.9. The molecule has 1 N–H and O–H groups in total. The van der Waals surface area contributed by atoms with Crippen LogP contribution in [-0.4, -0.2) is 49.3 Å². The number of nitrogens with one attached hydrogen (secondary N) is 1. The van der Waals surface area contributed by atoms with Crippen LogP contribution in [0.4, 0.5) is 0 Å². The summed E-state index contributed by atoms with van der Waals surface area (Å²) in [4.78, 5) is 2.57. The molecule has 3 heteroatoms. The van der Waals surface area contributed by atoms with Crippen molar-refractivity contribution in [2.24, 2.45) is 5.92 Å². The minimum absolute atomic E-state index is 0.501. The second-order valence-corrected chi connectivity index (χ2v) is 6.08. The first-order valence-corrected chi connectivity index (χ1v) is 7.62. The lowest BCUT2D eigenvalue weighted by atomic mass is 9.99. The minimum atomic E-state index is 0.501. The highest BCUT2D eigenvalue weighted by atomic mass is 16.5. The van der Waals surface area contributed by atoms with Gasteiger partial charge in [-0.05, 0) is 52.6 Å². The molecular weight excluding hydrogens is 224 g/mol. The van der Waals surface area contributed by atoms with E-state index in [0.717, 1.165) is 13.2 Å². The number of nitrogens with zero attached hydrogens (tertiary/aromatic N) is 1. The Balaban J connectivity index is 2.32. The molecule has 108 valence electrons. The van der Waals surface area contributed by atoms with Gasteiger partial charge < -0.3 is 15.0 Å². The summed E-state index contributed by atoms with van der Waals surface area (Å²) in [6, 6.07) is 1.86. The van der Waals surface area contributed by atoms with E-state index < -0.39 is 0 Å². The van der Waals surface area contributed by atoms with Gasteiger partial charge in [0.05, 0.1) is 6.61 Å². The Bertz CT molecular complexity index is 211. The molecule has 1 rings (SSSR count). The predicted molar refractivity (Wildman–Crippen MR) is 78.0 cm³/mol. The SMILES string of the molecule is CCOCC(NC1CCN(C(C)C)CC1)C(C)C. The summed E-state index contributed by atoms with van der Waals surface area (Å²) in [5.41, 5.74) is 0. The second-order valence-electron chi connectivity index (χ2n) is 6.08. The predicted octanol–water partition coefficient (Wildman–Crippen LogP) is 2.51. The maximum absolute atomic E-state index is 5.58. The zero-order chi connectivity index (χ0) is 13.5. The highest BCUT2D eigenvalue weighted by Crippen LogP contribution is 2.15. The lowest BCUT2D eigenvalue weighted by Crippen LogP contribution is -2.50. The standard InChI is InChI=1S/C15H32N2O/c1-6-18-11-15(12(2)3)16-14-7-9-17(10-8-14)13(4)5/h12-16H,6-11H2,1-5H3. The van der Waals surface area contributed by atoms with Gasteiger partial charge in [-0.25, -0.2) is 0 Å². The van der Waals surface area contributed by atoms with Crippen LogP contribution in [0.2, 0.25) is 0 Å².